The molecule has 0 fully saturated rings. The minimum Gasteiger partial charge on any atom is -0.396 e. The van der Waals surface area contributed by atoms with Crippen LogP contribution in [0.3, 0.4) is 0 Å². The summed E-state index contributed by atoms with van der Waals surface area (Å²) in [6.07, 6.45) is 0.797. The number of carbonyl (C=O) groups excluding carboxylic acids is 1. The highest BCUT2D eigenvalue weighted by Crippen LogP contribution is 2.25. The summed E-state index contributed by atoms with van der Waals surface area (Å²) in [5.74, 6) is 1.67. The predicted octanol–water partition coefficient (Wildman–Crippen LogP) is 1.68. The Balaban J connectivity index is 2.40. The first-order chi connectivity index (χ1) is 8.96. The molecule has 1 aromatic rings. The Bertz CT molecular complexity index is 402. The number of rotatable bonds is 7. The average Bonchev–Trinajstić information content (AvgIpc) is 2.82. The molecule has 0 aliphatic carbocycles. The van der Waals surface area contributed by atoms with Crippen LogP contribution < -0.4 is 5.32 Å². The third kappa shape index (κ3) is 5.46. The van der Waals surface area contributed by atoms with Gasteiger partial charge >= 0.3 is 0 Å². The number of aliphatic hydroxyl groups excluding tert-OH is 1. The molecule has 1 amide bonds. The fourth-order valence-corrected chi connectivity index (χ4v) is 2.99. The Morgan fingerprint density at radius 3 is 2.79 bits per heavy atom. The molecule has 5 nitrogen and oxygen atoms in total. The third-order valence-corrected chi connectivity index (χ3v) is 4.18. The molecular weight excluding hydrogens is 282 g/mol. The van der Waals surface area contributed by atoms with Crippen molar-refractivity contribution in [3.05, 3.63) is 10.6 Å². The van der Waals surface area contributed by atoms with E-state index in [9.17, 15) is 4.79 Å². The van der Waals surface area contributed by atoms with Gasteiger partial charge in [-0.25, -0.2) is 0 Å². The maximum atomic E-state index is 12.0. The van der Waals surface area contributed by atoms with Gasteiger partial charge in [0.2, 0.25) is 0 Å². The number of hydrogen-bond donors (Lipinski definition) is 2. The molecule has 0 atom stereocenters. The van der Waals surface area contributed by atoms with Crippen LogP contribution in [0.25, 0.3) is 0 Å². The van der Waals surface area contributed by atoms with E-state index in [-0.39, 0.29) is 17.9 Å². The van der Waals surface area contributed by atoms with E-state index in [1.54, 1.807) is 11.8 Å². The van der Waals surface area contributed by atoms with Gasteiger partial charge in [-0.05, 0) is 23.7 Å². The van der Waals surface area contributed by atoms with Crippen molar-refractivity contribution in [2.45, 2.75) is 32.6 Å². The normalized spacial score (nSPS) is 11.6. The van der Waals surface area contributed by atoms with E-state index in [4.69, 9.17) is 5.11 Å². The number of hydrogen-bond acceptors (Lipinski definition) is 6. The second-order valence-corrected chi connectivity index (χ2v) is 7.12. The smallest absolute Gasteiger partial charge is 0.265 e. The molecule has 19 heavy (non-hydrogen) atoms. The first-order valence-corrected chi connectivity index (χ1v) is 8.19. The highest BCUT2D eigenvalue weighted by Gasteiger charge is 2.25. The van der Waals surface area contributed by atoms with E-state index in [1.165, 1.54) is 0 Å². The topological polar surface area (TPSA) is 75.1 Å². The van der Waals surface area contributed by atoms with Gasteiger partial charge in [0.05, 0.1) is 5.69 Å². The molecule has 0 saturated heterocycles. The van der Waals surface area contributed by atoms with Gasteiger partial charge < -0.3 is 10.4 Å². The number of carbonyl (C=O) groups is 1. The Labute approximate surface area is 122 Å². The minimum atomic E-state index is -0.171. The molecule has 0 aliphatic rings. The van der Waals surface area contributed by atoms with Crippen LogP contribution in [-0.4, -0.2) is 45.3 Å². The maximum Gasteiger partial charge on any atom is 0.265 e. The fourth-order valence-electron chi connectivity index (χ4n) is 1.42. The van der Waals surface area contributed by atoms with Gasteiger partial charge in [-0.3, -0.25) is 4.79 Å². The molecule has 0 aliphatic heterocycles. The van der Waals surface area contributed by atoms with Crippen molar-refractivity contribution in [3.8, 4) is 0 Å². The highest BCUT2D eigenvalue weighted by atomic mass is 32.2. The quantitative estimate of drug-likeness (QED) is 0.750. The first-order valence-electron chi connectivity index (χ1n) is 6.26. The zero-order valence-corrected chi connectivity index (χ0v) is 13.2. The van der Waals surface area contributed by atoms with E-state index >= 15 is 0 Å². The third-order valence-electron chi connectivity index (χ3n) is 2.38. The van der Waals surface area contributed by atoms with Crippen molar-refractivity contribution < 1.29 is 9.90 Å². The van der Waals surface area contributed by atoms with Crippen molar-refractivity contribution in [2.75, 3.05) is 24.7 Å². The second kappa shape index (κ2) is 7.81. The monoisotopic (exact) mass is 303 g/mol. The molecule has 1 heterocycles. The van der Waals surface area contributed by atoms with Gasteiger partial charge in [0, 0.05) is 24.3 Å². The van der Waals surface area contributed by atoms with E-state index in [1.807, 2.05) is 20.8 Å². The summed E-state index contributed by atoms with van der Waals surface area (Å²) in [7, 11) is 0. The molecule has 0 saturated carbocycles. The van der Waals surface area contributed by atoms with E-state index in [0.29, 0.717) is 11.4 Å². The zero-order chi connectivity index (χ0) is 14.3. The van der Waals surface area contributed by atoms with Gasteiger partial charge in [-0.1, -0.05) is 25.3 Å². The van der Waals surface area contributed by atoms with Crippen molar-refractivity contribution in [3.63, 3.8) is 0 Å². The molecule has 7 heteroatoms. The van der Waals surface area contributed by atoms with Crippen LogP contribution in [-0.2, 0) is 5.41 Å². The van der Waals surface area contributed by atoms with Gasteiger partial charge in [0.1, 0.15) is 4.88 Å². The summed E-state index contributed by atoms with van der Waals surface area (Å²) in [4.78, 5) is 12.6. The summed E-state index contributed by atoms with van der Waals surface area (Å²) < 4.78 is 3.88. The number of thioether (sulfide) groups is 1. The molecule has 0 bridgehead atoms. The molecule has 108 valence electrons. The van der Waals surface area contributed by atoms with Gasteiger partial charge in [-0.2, -0.15) is 11.8 Å². The van der Waals surface area contributed by atoms with Crippen LogP contribution in [0.5, 0.6) is 0 Å². The Kier molecular flexibility index (Phi) is 6.74. The lowest BCUT2D eigenvalue weighted by Gasteiger charge is -2.16. The van der Waals surface area contributed by atoms with Crippen molar-refractivity contribution in [1.82, 2.24) is 14.9 Å². The zero-order valence-electron chi connectivity index (χ0n) is 11.6. The summed E-state index contributed by atoms with van der Waals surface area (Å²) in [5.41, 5.74) is 0.582. The van der Waals surface area contributed by atoms with Gasteiger partial charge in [0.15, 0.2) is 0 Å². The van der Waals surface area contributed by atoms with E-state index in [2.05, 4.69) is 14.9 Å². The summed E-state index contributed by atoms with van der Waals surface area (Å²) in [5, 5.41) is 15.6. The molecule has 1 rings (SSSR count). The van der Waals surface area contributed by atoms with E-state index in [0.717, 1.165) is 35.2 Å². The van der Waals surface area contributed by atoms with Crippen molar-refractivity contribution in [2.24, 2.45) is 0 Å². The van der Waals surface area contributed by atoms with Crippen LogP contribution in [0.15, 0.2) is 0 Å². The van der Waals surface area contributed by atoms with Crippen LogP contribution >= 0.6 is 23.3 Å². The fraction of sp³-hybridized carbons (Fsp3) is 0.750. The van der Waals surface area contributed by atoms with Crippen LogP contribution in [0, 0.1) is 0 Å². The largest absolute Gasteiger partial charge is 0.396 e. The minimum absolute atomic E-state index is 0.0947. The van der Waals surface area contributed by atoms with Gasteiger partial charge in [0.25, 0.3) is 5.91 Å². The summed E-state index contributed by atoms with van der Waals surface area (Å²) in [6, 6.07) is 0. The average molecular weight is 303 g/mol. The molecular formula is C12H21N3O2S2. The molecule has 0 unspecified atom stereocenters. The standard InChI is InChI=1S/C12H21N3O2S2/c1-12(2,3)10-9(19-15-14-10)11(17)13-5-8-18-7-4-6-16/h16H,4-8H2,1-3H3,(H,13,17). The molecule has 0 aromatic carbocycles. The van der Waals surface area contributed by atoms with Crippen LogP contribution in [0.2, 0.25) is 0 Å². The second-order valence-electron chi connectivity index (χ2n) is 5.15. The lowest BCUT2D eigenvalue weighted by Crippen LogP contribution is -2.28. The number of aromatic nitrogens is 2. The molecule has 2 N–H and O–H groups in total. The Morgan fingerprint density at radius 1 is 1.42 bits per heavy atom. The van der Waals surface area contributed by atoms with E-state index < -0.39 is 0 Å². The van der Waals surface area contributed by atoms with Crippen LogP contribution in [0.4, 0.5) is 0 Å². The number of aliphatic hydroxyl groups is 1. The maximum absolute atomic E-state index is 12.0. The first kappa shape index (κ1) is 16.4. The summed E-state index contributed by atoms with van der Waals surface area (Å²) in [6.45, 7) is 6.90. The van der Waals surface area contributed by atoms with Gasteiger partial charge in [-0.15, -0.1) is 5.10 Å². The number of nitrogens with one attached hydrogen (secondary N) is 1. The lowest BCUT2D eigenvalue weighted by molar-refractivity contribution is 0.0958. The SMILES string of the molecule is CC(C)(C)c1nnsc1C(=O)NCCSCCCO. The number of nitrogens with zero attached hydrogens (tertiary/aromatic N) is 2. The molecule has 1 aromatic heterocycles. The van der Waals surface area contributed by atoms with Crippen LogP contribution in [0.1, 0.15) is 42.6 Å². The Morgan fingerprint density at radius 2 is 2.16 bits per heavy atom. The van der Waals surface area contributed by atoms with Crippen molar-refractivity contribution in [1.29, 1.82) is 0 Å². The molecule has 0 spiro atoms. The van der Waals surface area contributed by atoms with Crippen molar-refractivity contribution >= 4 is 29.2 Å². The molecule has 0 radical (unpaired) electrons. The Hall–Kier alpha value is -0.660. The predicted molar refractivity (Wildman–Crippen MR) is 80.0 cm³/mol. The number of amides is 1. The highest BCUT2D eigenvalue weighted by molar-refractivity contribution is 7.99. The lowest BCUT2D eigenvalue weighted by atomic mass is 9.91. The summed E-state index contributed by atoms with van der Waals surface area (Å²) >= 11 is 2.87.